The molecule has 0 saturated carbocycles. The molecule has 0 spiro atoms. The van der Waals surface area contributed by atoms with E-state index in [-0.39, 0.29) is 84.5 Å². The Morgan fingerprint density at radius 3 is 1.93 bits per heavy atom. The first-order chi connectivity index (χ1) is 33.4. The van der Waals surface area contributed by atoms with Crippen LogP contribution in [0.25, 0.3) is 0 Å². The molecule has 3 aromatic rings. The maximum atomic E-state index is 14.2. The number of carboxylic acid groups (broad SMARTS) is 1. The highest BCUT2D eigenvalue weighted by atomic mass is 32.2. The molecule has 0 bridgehead atoms. The summed E-state index contributed by atoms with van der Waals surface area (Å²) in [5.41, 5.74) is 6.00. The van der Waals surface area contributed by atoms with Gasteiger partial charge in [0.2, 0.25) is 21.8 Å². The van der Waals surface area contributed by atoms with Gasteiger partial charge in [0.1, 0.15) is 23.5 Å². The van der Waals surface area contributed by atoms with Gasteiger partial charge in [-0.2, -0.15) is 4.31 Å². The molecule has 5 N–H and O–H groups in total. The summed E-state index contributed by atoms with van der Waals surface area (Å²) < 4.78 is 118. The minimum atomic E-state index is -3.66. The van der Waals surface area contributed by atoms with Gasteiger partial charge in [-0.15, -0.1) is 0 Å². The van der Waals surface area contributed by atoms with E-state index in [0.717, 1.165) is 43.5 Å². The highest BCUT2D eigenvalue weighted by Gasteiger charge is 2.47. The molecule has 0 aliphatic carbocycles. The molecule has 388 valence electrons. The first-order valence-electron chi connectivity index (χ1n) is 22.7. The number of carbonyl (C=O) groups is 5. The molecule has 3 aromatic carbocycles. The second-order valence-corrected chi connectivity index (χ2v) is 20.6. The van der Waals surface area contributed by atoms with Gasteiger partial charge < -0.3 is 40.7 Å². The lowest BCUT2D eigenvalue weighted by molar-refractivity contribution is -0.133. The van der Waals surface area contributed by atoms with Crippen molar-refractivity contribution in [2.45, 2.75) is 101 Å². The Balaban J connectivity index is 0.000000230. The van der Waals surface area contributed by atoms with E-state index in [1.807, 2.05) is 6.92 Å². The van der Waals surface area contributed by atoms with E-state index in [2.05, 4.69) is 15.4 Å². The number of rotatable bonds is 14. The zero-order chi connectivity index (χ0) is 52.4. The van der Waals surface area contributed by atoms with Gasteiger partial charge in [-0.3, -0.25) is 14.4 Å². The zero-order valence-corrected chi connectivity index (χ0v) is 40.3. The number of likely N-dealkylation sites (tertiary alicyclic amines) is 2. The van der Waals surface area contributed by atoms with Crippen LogP contribution in [0.4, 0.5) is 31.1 Å². The number of ether oxygens (including phenoxy) is 2. The van der Waals surface area contributed by atoms with Crippen molar-refractivity contribution in [2.75, 3.05) is 39.3 Å². The monoisotopic (exact) mass is 1020 g/mol. The standard InChI is InChI=1S/C23H26F3N3O3S.C21H28F3N3O3.C4H4O4/c1-14-2-4-18(5-3-14)33(31,32)28-12-15-6-7-29(22(15)13-28)23(30)10-17(27)8-16-9-20(25)21(26)11-19(16)24;1-21(2,3)30-20(29)26-14(6-13-7-16(23)17(24)9-15(13)22)8-19(28)27-5-4-12-10-25-11-18(12)27;5-3-8-2-1-4(6)7/h2-5,9,11,15,17,22H,6-8,10,12-13,27H2,1H3;7,9,12,14,18,25H,4-6,8,10-11H2,1-3H3,(H,26,29);1-3H,(H,6,7)/b;;2-1+/t15-,17+,22+;12-,14+,18+;/m00./s1. The number of benzene rings is 3. The van der Waals surface area contributed by atoms with E-state index in [0.29, 0.717) is 50.2 Å². The van der Waals surface area contributed by atoms with Gasteiger partial charge in [-0.1, -0.05) is 17.7 Å². The highest BCUT2D eigenvalue weighted by Crippen LogP contribution is 2.35. The lowest BCUT2D eigenvalue weighted by Gasteiger charge is -2.27. The van der Waals surface area contributed by atoms with E-state index < -0.39 is 74.7 Å². The number of carbonyl (C=O) groups excluding carboxylic acids is 4. The summed E-state index contributed by atoms with van der Waals surface area (Å²) in [5.74, 6) is -7.90. The molecule has 4 fully saturated rings. The molecule has 23 heteroatoms. The fourth-order valence-electron chi connectivity index (χ4n) is 8.96. The molecule has 7 rings (SSSR count). The lowest BCUT2D eigenvalue weighted by atomic mass is 10.0. The zero-order valence-electron chi connectivity index (χ0n) is 39.5. The number of halogens is 6. The van der Waals surface area contributed by atoms with E-state index in [4.69, 9.17) is 15.6 Å². The number of amides is 3. The van der Waals surface area contributed by atoms with Crippen LogP contribution in [0.5, 0.6) is 0 Å². The molecule has 4 aliphatic rings. The van der Waals surface area contributed by atoms with E-state index >= 15 is 0 Å². The molecule has 4 heterocycles. The lowest BCUT2D eigenvalue weighted by Crippen LogP contribution is -2.46. The van der Waals surface area contributed by atoms with Crippen molar-refractivity contribution in [1.29, 1.82) is 0 Å². The van der Waals surface area contributed by atoms with Gasteiger partial charge in [0, 0.05) is 88.4 Å². The van der Waals surface area contributed by atoms with Crippen LogP contribution in [0.15, 0.2) is 65.8 Å². The number of aliphatic carboxylic acids is 1. The highest BCUT2D eigenvalue weighted by molar-refractivity contribution is 7.89. The summed E-state index contributed by atoms with van der Waals surface area (Å²) in [4.78, 5) is 60.7. The number of nitrogens with zero attached hydrogens (tertiary/aromatic N) is 3. The van der Waals surface area contributed by atoms with Gasteiger partial charge in [0.05, 0.1) is 11.0 Å². The SMILES string of the molecule is CC(C)(C)OC(=O)N[C@@H](CC(=O)N1CC[C@H]2CNC[C@H]21)Cc1cc(F)c(F)cc1F.Cc1ccc(S(=O)(=O)N2C[C@@H]3CCN(C(=O)C[C@H](N)Cc4cc(F)c(F)cc4F)[C@@H]3C2)cc1.O=CO/C=C/C(=O)O. The first kappa shape index (κ1) is 55.9. The van der Waals surface area contributed by atoms with Crippen LogP contribution in [-0.4, -0.2) is 127 Å². The predicted molar refractivity (Wildman–Crippen MR) is 244 cm³/mol. The van der Waals surface area contributed by atoms with Crippen LogP contribution >= 0.6 is 0 Å². The van der Waals surface area contributed by atoms with Crippen molar-refractivity contribution < 1.29 is 73.3 Å². The smallest absolute Gasteiger partial charge is 0.407 e. The fourth-order valence-corrected chi connectivity index (χ4v) is 10.5. The molecule has 0 aromatic heterocycles. The van der Waals surface area contributed by atoms with Crippen molar-refractivity contribution in [3.05, 3.63) is 112 Å². The number of alkyl carbamates (subject to hydrolysis) is 1. The molecule has 3 amide bonds. The molecule has 4 saturated heterocycles. The van der Waals surface area contributed by atoms with Gasteiger partial charge in [0.15, 0.2) is 23.3 Å². The Kier molecular flexibility index (Phi) is 19.2. The summed E-state index contributed by atoms with van der Waals surface area (Å²) in [5, 5.41) is 13.7. The minimum absolute atomic E-state index is 0.0361. The number of nitrogens with one attached hydrogen (secondary N) is 2. The third-order valence-electron chi connectivity index (χ3n) is 12.3. The second kappa shape index (κ2) is 24.4. The summed E-state index contributed by atoms with van der Waals surface area (Å²) in [6.07, 6.45) is 1.84. The number of sulfonamides is 1. The Hall–Kier alpha value is -6.04. The quantitative estimate of drug-likeness (QED) is 0.0546. The van der Waals surface area contributed by atoms with Crippen molar-refractivity contribution in [2.24, 2.45) is 17.6 Å². The third kappa shape index (κ3) is 15.5. The molecule has 0 radical (unpaired) electrons. The molecular weight excluding hydrogens is 967 g/mol. The van der Waals surface area contributed by atoms with E-state index in [1.54, 1.807) is 54.8 Å². The average molecular weight is 1030 g/mol. The van der Waals surface area contributed by atoms with E-state index in [9.17, 15) is 58.7 Å². The maximum Gasteiger partial charge on any atom is 0.407 e. The number of carboxylic acids is 1. The second-order valence-electron chi connectivity index (χ2n) is 18.7. The van der Waals surface area contributed by atoms with Crippen LogP contribution in [-0.2, 0) is 51.5 Å². The van der Waals surface area contributed by atoms with Crippen LogP contribution < -0.4 is 16.4 Å². The fraction of sp³-hybridized carbons (Fsp3) is 0.479. The molecule has 16 nitrogen and oxygen atoms in total. The van der Waals surface area contributed by atoms with Crippen molar-refractivity contribution in [3.8, 4) is 0 Å². The Bertz CT molecular complexity index is 2550. The average Bonchev–Trinajstić information content (AvgIpc) is 4.08. The number of hydrogen-bond donors (Lipinski definition) is 4. The van der Waals surface area contributed by atoms with Crippen LogP contribution in [0, 0.1) is 53.7 Å². The van der Waals surface area contributed by atoms with Gasteiger partial charge in [0.25, 0.3) is 6.47 Å². The summed E-state index contributed by atoms with van der Waals surface area (Å²) in [7, 11) is -3.66. The Morgan fingerprint density at radius 1 is 0.803 bits per heavy atom. The molecular formula is C48H58F6N6O10S. The van der Waals surface area contributed by atoms with Gasteiger partial charge in [-0.25, -0.2) is 44.3 Å². The number of hydrogen-bond acceptors (Lipinski definition) is 11. The van der Waals surface area contributed by atoms with Crippen LogP contribution in [0.1, 0.15) is 63.1 Å². The number of aryl methyl sites for hydroxylation is 1. The van der Waals surface area contributed by atoms with E-state index in [1.165, 1.54) is 4.31 Å². The Morgan fingerprint density at radius 2 is 1.35 bits per heavy atom. The summed E-state index contributed by atoms with van der Waals surface area (Å²) in [6.45, 7) is 10.4. The van der Waals surface area contributed by atoms with Crippen molar-refractivity contribution in [1.82, 2.24) is 24.7 Å². The van der Waals surface area contributed by atoms with Crippen molar-refractivity contribution in [3.63, 3.8) is 0 Å². The third-order valence-corrected chi connectivity index (χ3v) is 14.2. The minimum Gasteiger partial charge on any atom is -0.478 e. The van der Waals surface area contributed by atoms with Crippen LogP contribution in [0.2, 0.25) is 0 Å². The largest absolute Gasteiger partial charge is 0.478 e. The molecule has 0 unspecified atom stereocenters. The molecule has 6 atom stereocenters. The first-order valence-corrected chi connectivity index (χ1v) is 24.2. The topological polar surface area (TPSA) is 218 Å². The van der Waals surface area contributed by atoms with Gasteiger partial charge >= 0.3 is 12.1 Å². The summed E-state index contributed by atoms with van der Waals surface area (Å²) in [6, 6.07) is 7.34. The van der Waals surface area contributed by atoms with Crippen molar-refractivity contribution >= 4 is 40.4 Å². The normalized spacial score (nSPS) is 20.5. The van der Waals surface area contributed by atoms with Gasteiger partial charge in [-0.05, 0) is 101 Å². The van der Waals surface area contributed by atoms with Crippen LogP contribution in [0.3, 0.4) is 0 Å². The predicted octanol–water partition coefficient (Wildman–Crippen LogP) is 5.10. The number of nitrogens with two attached hydrogens (primary N) is 1. The molecule has 71 heavy (non-hydrogen) atoms. The summed E-state index contributed by atoms with van der Waals surface area (Å²) >= 11 is 0. The maximum absolute atomic E-state index is 14.2. The Labute approximate surface area is 407 Å². The number of fused-ring (bicyclic) bond motifs is 2. The molecule has 4 aliphatic heterocycles.